The van der Waals surface area contributed by atoms with E-state index in [0.717, 1.165) is 6.42 Å². The van der Waals surface area contributed by atoms with Gasteiger partial charge >= 0.3 is 0 Å². The number of hydrogen-bond acceptors (Lipinski definition) is 10. The Bertz CT molecular complexity index is 1420. The lowest BCUT2D eigenvalue weighted by atomic mass is 9.97. The van der Waals surface area contributed by atoms with Crippen molar-refractivity contribution in [2.45, 2.75) is 57.7 Å². The van der Waals surface area contributed by atoms with E-state index in [9.17, 15) is 13.2 Å². The van der Waals surface area contributed by atoms with Crippen LogP contribution in [-0.2, 0) is 10.0 Å². The number of nitrogens with one attached hydrogen (secondary N) is 1. The van der Waals surface area contributed by atoms with Gasteiger partial charge in [-0.25, -0.2) is 24.7 Å². The highest BCUT2D eigenvalue weighted by Gasteiger charge is 2.39. The Kier molecular flexibility index (Phi) is 7.05. The molecule has 4 rings (SSSR count). The number of rotatable bonds is 7. The molecule has 3 N–H and O–H groups in total. The molecule has 12 heteroatoms. The second-order valence-corrected chi connectivity index (χ2v) is 11.7. The average Bonchev–Trinajstić information content (AvgIpc) is 3.10. The van der Waals surface area contributed by atoms with Gasteiger partial charge in [0.1, 0.15) is 17.3 Å². The summed E-state index contributed by atoms with van der Waals surface area (Å²) in [6, 6.07) is 7.35. The summed E-state index contributed by atoms with van der Waals surface area (Å²) < 4.78 is 33.4. The van der Waals surface area contributed by atoms with E-state index in [2.05, 4.69) is 40.4 Å². The van der Waals surface area contributed by atoms with Crippen molar-refractivity contribution >= 4 is 27.6 Å². The van der Waals surface area contributed by atoms with Gasteiger partial charge in [-0.3, -0.25) is 4.79 Å². The number of nitrogen functional groups attached to an aromatic ring is 1. The SMILES string of the molecule is CC1CN(c2nc(-c3cnc(OC(C)C)cn3)ccc2C(=O)NS(=O)(=O)c2cccc(N)n2)C(C)(C)C1.[HH]. The molecule has 1 fully saturated rings. The maximum atomic E-state index is 13.3. The summed E-state index contributed by atoms with van der Waals surface area (Å²) in [7, 11) is -4.26. The van der Waals surface area contributed by atoms with Crippen LogP contribution in [0.2, 0.25) is 0 Å². The predicted molar refractivity (Wildman–Crippen MR) is 142 cm³/mol. The van der Waals surface area contributed by atoms with Gasteiger partial charge in [-0.05, 0) is 64.3 Å². The molecule has 0 spiro atoms. The fourth-order valence-corrected chi connectivity index (χ4v) is 5.44. The van der Waals surface area contributed by atoms with E-state index < -0.39 is 15.9 Å². The van der Waals surface area contributed by atoms with Crippen LogP contribution in [0.25, 0.3) is 11.4 Å². The van der Waals surface area contributed by atoms with Crippen molar-refractivity contribution in [1.29, 1.82) is 0 Å². The van der Waals surface area contributed by atoms with Crippen molar-refractivity contribution in [3.8, 4) is 17.3 Å². The van der Waals surface area contributed by atoms with Crippen LogP contribution in [0.3, 0.4) is 0 Å². The fraction of sp³-hybridized carbons (Fsp3) is 0.400. The van der Waals surface area contributed by atoms with E-state index in [-0.39, 0.29) is 29.5 Å². The number of hydrogen-bond donors (Lipinski definition) is 2. The number of sulfonamides is 1. The lowest BCUT2D eigenvalue weighted by Gasteiger charge is -2.34. The Labute approximate surface area is 218 Å². The zero-order valence-electron chi connectivity index (χ0n) is 21.5. The number of ether oxygens (including phenoxy) is 1. The molecule has 1 amide bonds. The van der Waals surface area contributed by atoms with E-state index in [4.69, 9.17) is 15.5 Å². The summed E-state index contributed by atoms with van der Waals surface area (Å²) in [6.07, 6.45) is 3.91. The number of amides is 1. The van der Waals surface area contributed by atoms with Crippen molar-refractivity contribution in [2.24, 2.45) is 5.92 Å². The Morgan fingerprint density at radius 1 is 1.16 bits per heavy atom. The summed E-state index contributed by atoms with van der Waals surface area (Å²) in [5.41, 5.74) is 6.42. The van der Waals surface area contributed by atoms with E-state index in [1.54, 1.807) is 18.3 Å². The maximum absolute atomic E-state index is 13.3. The van der Waals surface area contributed by atoms with Crippen molar-refractivity contribution < 1.29 is 19.4 Å². The quantitative estimate of drug-likeness (QED) is 0.468. The smallest absolute Gasteiger partial charge is 0.281 e. The molecule has 1 saturated heterocycles. The summed E-state index contributed by atoms with van der Waals surface area (Å²) in [6.45, 7) is 10.7. The minimum absolute atomic E-state index is 0. The number of carbonyl (C=O) groups excluding carboxylic acids is 1. The molecule has 11 nitrogen and oxygen atoms in total. The van der Waals surface area contributed by atoms with Crippen LogP contribution in [0.1, 0.15) is 52.8 Å². The molecule has 1 aliphatic heterocycles. The number of nitrogens with zero attached hydrogens (tertiary/aromatic N) is 5. The third kappa shape index (κ3) is 5.79. The molecule has 4 heterocycles. The number of carbonyl (C=O) groups is 1. The van der Waals surface area contributed by atoms with Crippen LogP contribution in [0, 0.1) is 5.92 Å². The zero-order chi connectivity index (χ0) is 27.0. The van der Waals surface area contributed by atoms with E-state index in [0.29, 0.717) is 35.5 Å². The first-order valence-corrected chi connectivity index (χ1v) is 13.4. The van der Waals surface area contributed by atoms with E-state index >= 15 is 0 Å². The molecule has 3 aromatic rings. The van der Waals surface area contributed by atoms with Crippen LogP contribution in [0.4, 0.5) is 11.6 Å². The number of anilines is 2. The van der Waals surface area contributed by atoms with Crippen molar-refractivity contribution in [3.63, 3.8) is 0 Å². The molecule has 1 aliphatic rings. The fourth-order valence-electron chi connectivity index (χ4n) is 4.49. The molecular formula is C25H33N7O4S. The minimum atomic E-state index is -4.26. The largest absolute Gasteiger partial charge is 0.474 e. The van der Waals surface area contributed by atoms with Gasteiger partial charge < -0.3 is 15.4 Å². The minimum Gasteiger partial charge on any atom is -0.474 e. The third-order valence-electron chi connectivity index (χ3n) is 5.94. The molecule has 198 valence electrons. The Balaban J connectivity index is 0.00000400. The predicted octanol–water partition coefficient (Wildman–Crippen LogP) is 3.29. The van der Waals surface area contributed by atoms with Gasteiger partial charge in [0.25, 0.3) is 15.9 Å². The van der Waals surface area contributed by atoms with Gasteiger partial charge in [0.05, 0.1) is 29.8 Å². The first-order chi connectivity index (χ1) is 17.4. The second-order valence-electron chi connectivity index (χ2n) is 10.0. The topological polar surface area (TPSA) is 153 Å². The molecule has 0 saturated carbocycles. The number of pyridine rings is 2. The molecular weight excluding hydrogens is 494 g/mol. The third-order valence-corrected chi connectivity index (χ3v) is 7.18. The molecule has 37 heavy (non-hydrogen) atoms. The van der Waals surface area contributed by atoms with Crippen molar-refractivity contribution in [1.82, 2.24) is 24.7 Å². The molecule has 0 aliphatic carbocycles. The van der Waals surface area contributed by atoms with Crippen molar-refractivity contribution in [3.05, 3.63) is 48.3 Å². The molecule has 0 bridgehead atoms. The highest BCUT2D eigenvalue weighted by Crippen LogP contribution is 2.38. The van der Waals surface area contributed by atoms with Gasteiger partial charge in [0, 0.05) is 13.5 Å². The Morgan fingerprint density at radius 3 is 2.51 bits per heavy atom. The van der Waals surface area contributed by atoms with Crippen LogP contribution in [0.15, 0.2) is 47.8 Å². The maximum Gasteiger partial charge on any atom is 0.281 e. The van der Waals surface area contributed by atoms with Crippen LogP contribution >= 0.6 is 0 Å². The first kappa shape index (κ1) is 26.3. The standard InChI is InChI=1S/C25H31N7O4S.H2/c1-15(2)36-21-13-27-19(12-28-21)18-10-9-17(23(29-18)32-14-16(3)11-25(32,4)5)24(33)31-37(34,35)22-8-6-7-20(26)30-22;/h6-10,12-13,15-16H,11,14H2,1-5H3,(H2,26,30)(H,31,33);1H. The normalized spacial score (nSPS) is 17.1. The van der Waals surface area contributed by atoms with Gasteiger partial charge in [0.15, 0.2) is 5.03 Å². The van der Waals surface area contributed by atoms with Gasteiger partial charge in [-0.15, -0.1) is 0 Å². The number of nitrogens with two attached hydrogens (primary N) is 1. The molecule has 0 aromatic carbocycles. The van der Waals surface area contributed by atoms with E-state index in [1.807, 2.05) is 18.7 Å². The Morgan fingerprint density at radius 2 is 1.92 bits per heavy atom. The zero-order valence-corrected chi connectivity index (χ0v) is 22.3. The van der Waals surface area contributed by atoms with Crippen LogP contribution in [0.5, 0.6) is 5.88 Å². The van der Waals surface area contributed by atoms with Gasteiger partial charge in [-0.2, -0.15) is 8.42 Å². The summed E-state index contributed by atoms with van der Waals surface area (Å²) in [5, 5.41) is -0.346. The lowest BCUT2D eigenvalue weighted by molar-refractivity contribution is 0.0981. The molecule has 1 unspecified atom stereocenters. The first-order valence-electron chi connectivity index (χ1n) is 11.9. The lowest BCUT2D eigenvalue weighted by Crippen LogP contribution is -2.41. The Hall–Kier alpha value is -3.80. The molecule has 1 atom stereocenters. The molecule has 0 radical (unpaired) electrons. The highest BCUT2D eigenvalue weighted by atomic mass is 32.2. The van der Waals surface area contributed by atoms with Gasteiger partial charge in [-0.1, -0.05) is 13.0 Å². The highest BCUT2D eigenvalue weighted by molar-refractivity contribution is 7.90. The van der Waals surface area contributed by atoms with Crippen LogP contribution in [-0.4, -0.2) is 52.4 Å². The second kappa shape index (κ2) is 9.92. The summed E-state index contributed by atoms with van der Waals surface area (Å²) in [4.78, 5) is 32.7. The summed E-state index contributed by atoms with van der Waals surface area (Å²) in [5.74, 6) is 0.319. The molecule has 3 aromatic heterocycles. The van der Waals surface area contributed by atoms with Crippen molar-refractivity contribution in [2.75, 3.05) is 17.2 Å². The summed E-state index contributed by atoms with van der Waals surface area (Å²) >= 11 is 0. The van der Waals surface area contributed by atoms with E-state index in [1.165, 1.54) is 24.4 Å². The number of aromatic nitrogens is 4. The van der Waals surface area contributed by atoms with Crippen LogP contribution < -0.4 is 20.1 Å². The monoisotopic (exact) mass is 527 g/mol. The van der Waals surface area contributed by atoms with Gasteiger partial charge in [0.2, 0.25) is 5.88 Å². The average molecular weight is 528 g/mol.